The minimum Gasteiger partial charge on any atom is -0.494 e. The highest BCUT2D eigenvalue weighted by Gasteiger charge is 2.77. The Hall–Kier alpha value is -3.47. The van der Waals surface area contributed by atoms with Crippen molar-refractivity contribution in [2.45, 2.75) is 55.4 Å². The zero-order valence-electron chi connectivity index (χ0n) is 25.2. The average molecular weight is 667 g/mol. The highest BCUT2D eigenvalue weighted by atomic mass is 79.9. The van der Waals surface area contributed by atoms with E-state index in [1.807, 2.05) is 49.4 Å². The molecule has 3 aliphatic heterocycles. The molecule has 3 saturated heterocycles. The number of hydrogen-bond donors (Lipinski definition) is 1. The minimum absolute atomic E-state index is 0.222. The van der Waals surface area contributed by atoms with Crippen LogP contribution in [0.1, 0.15) is 25.8 Å². The van der Waals surface area contributed by atoms with Gasteiger partial charge in [0, 0.05) is 30.1 Å². The SMILES string of the molecule is C=CCN(Cc1ccccc1)C(=O)C1N([C@H](C)CO)C(=O)[C@@H]2[C@H](C(=O)N(CC=C)c3ccc(OCC)cc3)[C@H]3OC12CC3Br. The van der Waals surface area contributed by atoms with E-state index in [1.54, 1.807) is 41.0 Å². The lowest BCUT2D eigenvalue weighted by Gasteiger charge is -2.38. The molecule has 234 valence electrons. The van der Waals surface area contributed by atoms with Crippen molar-refractivity contribution in [2.24, 2.45) is 11.8 Å². The first-order valence-electron chi connectivity index (χ1n) is 15.1. The van der Waals surface area contributed by atoms with Crippen LogP contribution in [0.3, 0.4) is 0 Å². The van der Waals surface area contributed by atoms with E-state index in [0.29, 0.717) is 31.0 Å². The number of rotatable bonds is 13. The number of nitrogens with zero attached hydrogens (tertiary/aromatic N) is 3. The van der Waals surface area contributed by atoms with Gasteiger partial charge in [-0.3, -0.25) is 14.4 Å². The molecule has 2 aromatic rings. The van der Waals surface area contributed by atoms with Crippen molar-refractivity contribution in [3.8, 4) is 5.75 Å². The Balaban J connectivity index is 1.54. The van der Waals surface area contributed by atoms with Gasteiger partial charge in [-0.25, -0.2) is 0 Å². The van der Waals surface area contributed by atoms with Gasteiger partial charge >= 0.3 is 0 Å². The number of anilines is 1. The molecular formula is C34H40BrN3O6. The summed E-state index contributed by atoms with van der Waals surface area (Å²) in [6.07, 6.45) is 3.06. The van der Waals surface area contributed by atoms with Crippen LogP contribution < -0.4 is 9.64 Å². The Labute approximate surface area is 267 Å². The second kappa shape index (κ2) is 13.3. The topological polar surface area (TPSA) is 99.6 Å². The third kappa shape index (κ3) is 5.48. The number of hydrogen-bond acceptors (Lipinski definition) is 6. The van der Waals surface area contributed by atoms with Gasteiger partial charge in [-0.1, -0.05) is 58.4 Å². The van der Waals surface area contributed by atoms with E-state index >= 15 is 0 Å². The molecule has 2 bridgehead atoms. The van der Waals surface area contributed by atoms with Gasteiger partial charge in [0.15, 0.2) is 0 Å². The van der Waals surface area contributed by atoms with Crippen LogP contribution in [0.15, 0.2) is 79.9 Å². The summed E-state index contributed by atoms with van der Waals surface area (Å²) in [5.74, 6) is -1.98. The Kier molecular flexibility index (Phi) is 9.62. The van der Waals surface area contributed by atoms with E-state index < -0.39 is 35.6 Å². The summed E-state index contributed by atoms with van der Waals surface area (Å²) in [6.45, 7) is 12.3. The summed E-state index contributed by atoms with van der Waals surface area (Å²) in [7, 11) is 0. The first-order valence-corrected chi connectivity index (χ1v) is 16.0. The van der Waals surface area contributed by atoms with Crippen molar-refractivity contribution in [1.82, 2.24) is 9.80 Å². The van der Waals surface area contributed by atoms with Crippen LogP contribution >= 0.6 is 15.9 Å². The molecule has 0 radical (unpaired) electrons. The molecule has 1 spiro atoms. The first kappa shape index (κ1) is 31.9. The summed E-state index contributed by atoms with van der Waals surface area (Å²) >= 11 is 3.75. The van der Waals surface area contributed by atoms with Crippen LogP contribution in [0.2, 0.25) is 0 Å². The van der Waals surface area contributed by atoms with Crippen molar-refractivity contribution in [3.05, 3.63) is 85.5 Å². The molecule has 1 N–H and O–H groups in total. The van der Waals surface area contributed by atoms with E-state index in [1.165, 1.54) is 4.90 Å². The second-order valence-corrected chi connectivity index (χ2v) is 12.8. The number of benzene rings is 2. The quantitative estimate of drug-likeness (QED) is 0.257. The number of aliphatic hydroxyl groups is 1. The van der Waals surface area contributed by atoms with Gasteiger partial charge in [0.2, 0.25) is 17.7 Å². The van der Waals surface area contributed by atoms with Gasteiger partial charge in [-0.2, -0.15) is 0 Å². The van der Waals surface area contributed by atoms with Crippen LogP contribution in [-0.4, -0.2) is 87.5 Å². The summed E-state index contributed by atoms with van der Waals surface area (Å²) in [4.78, 5) is 47.9. The Morgan fingerprint density at radius 3 is 2.43 bits per heavy atom. The number of halogens is 1. The predicted molar refractivity (Wildman–Crippen MR) is 171 cm³/mol. The third-order valence-electron chi connectivity index (χ3n) is 8.90. The van der Waals surface area contributed by atoms with Gasteiger partial charge in [-0.15, -0.1) is 13.2 Å². The van der Waals surface area contributed by atoms with Crippen molar-refractivity contribution >= 4 is 39.3 Å². The highest BCUT2D eigenvalue weighted by molar-refractivity contribution is 9.09. The molecule has 44 heavy (non-hydrogen) atoms. The second-order valence-electron chi connectivity index (χ2n) is 11.6. The zero-order valence-corrected chi connectivity index (χ0v) is 26.8. The van der Waals surface area contributed by atoms with Crippen LogP contribution in [-0.2, 0) is 25.7 Å². The fourth-order valence-corrected chi connectivity index (χ4v) is 8.02. The summed E-state index contributed by atoms with van der Waals surface area (Å²) in [5.41, 5.74) is 0.326. The standard InChI is InChI=1S/C34H40BrN3O6/c1-5-17-36(20-23-11-9-8-10-12-23)33(42)30-34-19-26(35)29(44-34)27(28(34)32(41)38(30)22(4)21-39)31(40)37(18-6-2)24-13-15-25(16-14-24)43-7-3/h5-6,8-16,22,26-30,39H,1-2,7,17-21H2,3-4H3/t22-,26?,27+,28+,29+,30?,34?/m1/s1. The lowest BCUT2D eigenvalue weighted by molar-refractivity contribution is -0.150. The fraction of sp³-hybridized carbons (Fsp3) is 0.441. The predicted octanol–water partition coefficient (Wildman–Crippen LogP) is 3.95. The molecule has 2 aromatic carbocycles. The van der Waals surface area contributed by atoms with Gasteiger partial charge in [0.25, 0.3) is 0 Å². The summed E-state index contributed by atoms with van der Waals surface area (Å²) < 4.78 is 12.3. The van der Waals surface area contributed by atoms with E-state index in [4.69, 9.17) is 9.47 Å². The van der Waals surface area contributed by atoms with E-state index in [-0.39, 0.29) is 42.2 Å². The average Bonchev–Trinajstić information content (AvgIpc) is 3.63. The molecule has 3 amide bonds. The molecule has 9 nitrogen and oxygen atoms in total. The number of alkyl halides is 1. The largest absolute Gasteiger partial charge is 0.494 e. The third-order valence-corrected chi connectivity index (χ3v) is 9.74. The van der Waals surface area contributed by atoms with Crippen LogP contribution in [0.5, 0.6) is 5.75 Å². The van der Waals surface area contributed by atoms with E-state index in [2.05, 4.69) is 29.1 Å². The molecule has 10 heteroatoms. The maximum atomic E-state index is 14.6. The number of amides is 3. The normalized spacial score (nSPS) is 27.5. The molecule has 3 unspecified atom stereocenters. The Morgan fingerprint density at radius 2 is 1.82 bits per heavy atom. The van der Waals surface area contributed by atoms with Crippen LogP contribution in [0.4, 0.5) is 5.69 Å². The number of carbonyl (C=O) groups is 3. The van der Waals surface area contributed by atoms with E-state index in [9.17, 15) is 19.5 Å². The fourth-order valence-electron chi connectivity index (χ4n) is 7.08. The number of aliphatic hydroxyl groups excluding tert-OH is 1. The first-order chi connectivity index (χ1) is 21.2. The van der Waals surface area contributed by atoms with Crippen LogP contribution in [0, 0.1) is 11.8 Å². The lowest BCUT2D eigenvalue weighted by Crippen LogP contribution is -2.58. The van der Waals surface area contributed by atoms with Crippen LogP contribution in [0.25, 0.3) is 0 Å². The van der Waals surface area contributed by atoms with Gasteiger partial charge in [0.05, 0.1) is 37.2 Å². The van der Waals surface area contributed by atoms with E-state index in [0.717, 1.165) is 5.56 Å². The van der Waals surface area contributed by atoms with Crippen molar-refractivity contribution < 1.29 is 29.0 Å². The Morgan fingerprint density at radius 1 is 1.14 bits per heavy atom. The lowest BCUT2D eigenvalue weighted by atomic mass is 9.70. The molecule has 0 aliphatic carbocycles. The Bertz CT molecular complexity index is 1390. The molecular weight excluding hydrogens is 626 g/mol. The zero-order chi connectivity index (χ0) is 31.6. The van der Waals surface area contributed by atoms with Gasteiger partial charge < -0.3 is 29.3 Å². The molecule has 3 heterocycles. The van der Waals surface area contributed by atoms with Gasteiger partial charge in [-0.05, 0) is 50.1 Å². The number of likely N-dealkylation sites (tertiary alicyclic amines) is 1. The molecule has 0 aromatic heterocycles. The number of carbonyl (C=O) groups excluding carboxylic acids is 3. The molecule has 3 aliphatic rings. The van der Waals surface area contributed by atoms with Crippen molar-refractivity contribution in [1.29, 1.82) is 0 Å². The highest BCUT2D eigenvalue weighted by Crippen LogP contribution is 2.61. The molecule has 7 atom stereocenters. The summed E-state index contributed by atoms with van der Waals surface area (Å²) in [5, 5.41) is 10.2. The number of ether oxygens (including phenoxy) is 2. The van der Waals surface area contributed by atoms with Crippen molar-refractivity contribution in [2.75, 3.05) is 31.2 Å². The maximum Gasteiger partial charge on any atom is 0.249 e. The maximum absolute atomic E-state index is 14.6. The number of fused-ring (bicyclic) bond motifs is 1. The molecule has 3 fully saturated rings. The monoisotopic (exact) mass is 665 g/mol. The smallest absolute Gasteiger partial charge is 0.249 e. The summed E-state index contributed by atoms with van der Waals surface area (Å²) in [6, 6.07) is 15.1. The minimum atomic E-state index is -1.24. The van der Waals surface area contributed by atoms with Gasteiger partial charge in [0.1, 0.15) is 17.4 Å². The molecule has 5 rings (SSSR count). The molecule has 0 saturated carbocycles. The van der Waals surface area contributed by atoms with Crippen molar-refractivity contribution in [3.63, 3.8) is 0 Å².